The van der Waals surface area contributed by atoms with Gasteiger partial charge in [-0.2, -0.15) is 13.2 Å². The van der Waals surface area contributed by atoms with Gasteiger partial charge < -0.3 is 14.8 Å². The van der Waals surface area contributed by atoms with E-state index in [2.05, 4.69) is 17.0 Å². The lowest BCUT2D eigenvalue weighted by Gasteiger charge is -2.29. The van der Waals surface area contributed by atoms with Crippen molar-refractivity contribution in [3.63, 3.8) is 0 Å². The van der Waals surface area contributed by atoms with E-state index in [1.165, 1.54) is 0 Å². The first-order valence-corrected chi connectivity index (χ1v) is 6.00. The average molecular weight is 255 g/mol. The van der Waals surface area contributed by atoms with Crippen LogP contribution in [0.15, 0.2) is 0 Å². The van der Waals surface area contributed by atoms with Crippen LogP contribution in [0.3, 0.4) is 0 Å². The van der Waals surface area contributed by atoms with Crippen LogP contribution < -0.4 is 5.32 Å². The summed E-state index contributed by atoms with van der Waals surface area (Å²) in [7, 11) is 0. The first kappa shape index (κ1) is 14.7. The largest absolute Gasteiger partial charge is 0.411 e. The molecule has 0 bridgehead atoms. The van der Waals surface area contributed by atoms with Crippen LogP contribution in [0.4, 0.5) is 13.2 Å². The third-order valence-corrected chi connectivity index (χ3v) is 2.77. The molecule has 0 radical (unpaired) electrons. The molecule has 2 unspecified atom stereocenters. The van der Waals surface area contributed by atoms with E-state index in [4.69, 9.17) is 4.74 Å². The minimum atomic E-state index is -4.23. The maximum absolute atomic E-state index is 11.8. The van der Waals surface area contributed by atoms with Gasteiger partial charge >= 0.3 is 6.18 Å². The molecule has 0 aromatic heterocycles. The van der Waals surface area contributed by atoms with Gasteiger partial charge in [0.25, 0.3) is 0 Å². The normalized spacial score (nSPS) is 26.1. The Morgan fingerprint density at radius 1 is 1.41 bits per heavy atom. The quantitative estimate of drug-likeness (QED) is 0.737. The molecule has 0 amide bonds. The fourth-order valence-corrected chi connectivity index (χ4v) is 1.87. The van der Waals surface area contributed by atoms with E-state index in [1.54, 1.807) is 0 Å². The van der Waals surface area contributed by atoms with Crippen molar-refractivity contribution < 1.29 is 22.6 Å². The van der Waals surface area contributed by atoms with Crippen molar-refractivity contribution in [1.82, 2.24) is 5.32 Å². The van der Waals surface area contributed by atoms with Crippen LogP contribution >= 0.6 is 0 Å². The van der Waals surface area contributed by atoms with Gasteiger partial charge in [0.1, 0.15) is 6.61 Å². The molecule has 1 fully saturated rings. The van der Waals surface area contributed by atoms with Crippen LogP contribution in [0.25, 0.3) is 0 Å². The first-order valence-electron chi connectivity index (χ1n) is 6.00. The summed E-state index contributed by atoms with van der Waals surface area (Å²) in [5.41, 5.74) is 0. The molecule has 0 aromatic rings. The summed E-state index contributed by atoms with van der Waals surface area (Å²) in [6.45, 7) is 2.17. The van der Waals surface area contributed by atoms with E-state index >= 15 is 0 Å². The monoisotopic (exact) mass is 255 g/mol. The second kappa shape index (κ2) is 7.18. The highest BCUT2D eigenvalue weighted by Gasteiger charge is 2.27. The predicted molar refractivity (Wildman–Crippen MR) is 57.9 cm³/mol. The number of nitrogens with one attached hydrogen (secondary N) is 1. The Hall–Kier alpha value is -0.330. The summed E-state index contributed by atoms with van der Waals surface area (Å²) in [6, 6.07) is 0.336. The fourth-order valence-electron chi connectivity index (χ4n) is 1.87. The smallest absolute Gasteiger partial charge is 0.378 e. The van der Waals surface area contributed by atoms with Gasteiger partial charge in [0.05, 0.1) is 12.7 Å². The molecular formula is C11H20F3NO2. The summed E-state index contributed by atoms with van der Waals surface area (Å²) in [5, 5.41) is 3.20. The number of alkyl halides is 3. The third kappa shape index (κ3) is 6.85. The summed E-state index contributed by atoms with van der Waals surface area (Å²) in [6.07, 6.45) is -1.14. The van der Waals surface area contributed by atoms with Gasteiger partial charge in [0, 0.05) is 19.2 Å². The second-order valence-corrected chi connectivity index (χ2v) is 4.24. The van der Waals surface area contributed by atoms with E-state index < -0.39 is 12.8 Å². The van der Waals surface area contributed by atoms with Crippen LogP contribution in [-0.4, -0.2) is 44.7 Å². The Kier molecular flexibility index (Phi) is 6.22. The van der Waals surface area contributed by atoms with E-state index in [0.717, 1.165) is 25.9 Å². The molecule has 1 aliphatic heterocycles. The van der Waals surface area contributed by atoms with Gasteiger partial charge in [-0.15, -0.1) is 0 Å². The molecule has 1 rings (SSSR count). The van der Waals surface area contributed by atoms with Gasteiger partial charge in [0.15, 0.2) is 0 Å². The van der Waals surface area contributed by atoms with Crippen molar-refractivity contribution in [1.29, 1.82) is 0 Å². The number of rotatable bonds is 6. The van der Waals surface area contributed by atoms with Gasteiger partial charge in [-0.3, -0.25) is 0 Å². The maximum Gasteiger partial charge on any atom is 0.411 e. The Morgan fingerprint density at radius 3 is 2.82 bits per heavy atom. The van der Waals surface area contributed by atoms with Crippen LogP contribution in [0.2, 0.25) is 0 Å². The maximum atomic E-state index is 11.8. The fraction of sp³-hybridized carbons (Fsp3) is 1.00. The molecule has 2 atom stereocenters. The predicted octanol–water partition coefficient (Wildman–Crippen LogP) is 2.11. The number of halogens is 3. The molecular weight excluding hydrogens is 235 g/mol. The van der Waals surface area contributed by atoms with Gasteiger partial charge in [-0.25, -0.2) is 0 Å². The Labute approximate surface area is 99.7 Å². The zero-order valence-corrected chi connectivity index (χ0v) is 10.1. The lowest BCUT2D eigenvalue weighted by molar-refractivity contribution is -0.173. The molecule has 17 heavy (non-hydrogen) atoms. The van der Waals surface area contributed by atoms with Crippen molar-refractivity contribution >= 4 is 0 Å². The molecule has 1 N–H and O–H groups in total. The average Bonchev–Trinajstić information content (AvgIpc) is 2.27. The van der Waals surface area contributed by atoms with Crippen LogP contribution in [-0.2, 0) is 9.47 Å². The lowest BCUT2D eigenvalue weighted by Crippen LogP contribution is -2.40. The van der Waals surface area contributed by atoms with Crippen molar-refractivity contribution in [3.05, 3.63) is 0 Å². The number of hydrogen-bond acceptors (Lipinski definition) is 3. The Balaban J connectivity index is 2.02. The molecule has 1 heterocycles. The van der Waals surface area contributed by atoms with Crippen molar-refractivity contribution in [2.24, 2.45) is 0 Å². The molecule has 0 aliphatic carbocycles. The van der Waals surface area contributed by atoms with Gasteiger partial charge in [-0.05, 0) is 19.3 Å². The molecule has 1 saturated heterocycles. The highest BCUT2D eigenvalue weighted by Crippen LogP contribution is 2.16. The van der Waals surface area contributed by atoms with Crippen LogP contribution in [0.5, 0.6) is 0 Å². The third-order valence-electron chi connectivity index (χ3n) is 2.77. The number of hydrogen-bond donors (Lipinski definition) is 1. The van der Waals surface area contributed by atoms with E-state index in [-0.39, 0.29) is 12.7 Å². The topological polar surface area (TPSA) is 30.5 Å². The molecule has 0 saturated carbocycles. The molecule has 1 aliphatic rings. The molecule has 6 heteroatoms. The highest BCUT2D eigenvalue weighted by atomic mass is 19.4. The van der Waals surface area contributed by atoms with Crippen molar-refractivity contribution in [3.8, 4) is 0 Å². The first-order chi connectivity index (χ1) is 8.01. The molecule has 3 nitrogen and oxygen atoms in total. The standard InChI is InChI=1S/C11H20F3NO2/c1-2-10-7-9(3-5-17-10)15-4-6-16-8-11(12,13)14/h9-10,15H,2-8H2,1H3. The molecule has 102 valence electrons. The van der Waals surface area contributed by atoms with E-state index in [1.807, 2.05) is 0 Å². The highest BCUT2D eigenvalue weighted by molar-refractivity contribution is 4.75. The van der Waals surface area contributed by atoms with Gasteiger partial charge in [0.2, 0.25) is 0 Å². The summed E-state index contributed by atoms with van der Waals surface area (Å²) >= 11 is 0. The van der Waals surface area contributed by atoms with E-state index in [0.29, 0.717) is 12.6 Å². The van der Waals surface area contributed by atoms with Crippen LogP contribution in [0, 0.1) is 0 Å². The summed E-state index contributed by atoms with van der Waals surface area (Å²) in [4.78, 5) is 0. The Bertz CT molecular complexity index is 211. The minimum absolute atomic E-state index is 0.0909. The zero-order valence-electron chi connectivity index (χ0n) is 10.1. The molecule has 0 aromatic carbocycles. The summed E-state index contributed by atoms with van der Waals surface area (Å²) in [5.74, 6) is 0. The van der Waals surface area contributed by atoms with Crippen LogP contribution in [0.1, 0.15) is 26.2 Å². The van der Waals surface area contributed by atoms with Crippen molar-refractivity contribution in [2.45, 2.75) is 44.5 Å². The summed E-state index contributed by atoms with van der Waals surface area (Å²) < 4.78 is 45.4. The molecule has 0 spiro atoms. The minimum Gasteiger partial charge on any atom is -0.378 e. The van der Waals surface area contributed by atoms with E-state index in [9.17, 15) is 13.2 Å². The lowest BCUT2D eigenvalue weighted by atomic mass is 10.0. The van der Waals surface area contributed by atoms with Gasteiger partial charge in [-0.1, -0.05) is 6.92 Å². The number of ether oxygens (including phenoxy) is 2. The second-order valence-electron chi connectivity index (χ2n) is 4.24. The Morgan fingerprint density at radius 2 is 2.18 bits per heavy atom. The zero-order chi connectivity index (χ0) is 12.7. The SMILES string of the molecule is CCC1CC(NCCOCC(F)(F)F)CCO1. The van der Waals surface area contributed by atoms with Crippen molar-refractivity contribution in [2.75, 3.05) is 26.4 Å².